The van der Waals surface area contributed by atoms with Crippen molar-refractivity contribution in [2.24, 2.45) is 23.2 Å². The molecule has 0 spiro atoms. The average molecular weight is 555 g/mol. The molecule has 172 valence electrons. The van der Waals surface area contributed by atoms with Crippen LogP contribution < -0.4 is 24.8 Å². The van der Waals surface area contributed by atoms with Crippen LogP contribution in [-0.2, 0) is 30.7 Å². The molecular weight excluding hydrogens is 522 g/mol. The molecule has 0 N–H and O–H groups in total. The minimum atomic E-state index is 0. The van der Waals surface area contributed by atoms with Crippen molar-refractivity contribution < 1.29 is 49.0 Å². The molecule has 2 aromatic rings. The van der Waals surface area contributed by atoms with E-state index in [-0.39, 0.29) is 24.8 Å². The zero-order valence-corrected chi connectivity index (χ0v) is 23.4. The molecule has 6 aliphatic carbocycles. The Morgan fingerprint density at radius 2 is 1.55 bits per heavy atom. The zero-order chi connectivity index (χ0) is 21.3. The molecular formula is C30H32Cl2Zr-2. The van der Waals surface area contributed by atoms with E-state index in [1.54, 1.807) is 62.8 Å². The first-order valence-electron chi connectivity index (χ1n) is 12.0. The van der Waals surface area contributed by atoms with Gasteiger partial charge in [-0.2, -0.15) is 35.9 Å². The summed E-state index contributed by atoms with van der Waals surface area (Å²) in [6.45, 7) is 2.42. The van der Waals surface area contributed by atoms with Gasteiger partial charge in [0.1, 0.15) is 0 Å². The van der Waals surface area contributed by atoms with Crippen LogP contribution in [0.2, 0.25) is 0 Å². The standard InChI is InChI=1S/C13H9.C12H18.C5H5.2ClH.Zr/c1-3-7-12-10(5-1)9-11-6-2-4-8-13(11)12;1-2-12-6-9-3-10(7-12)5-11(4-9)8-12;1-2-4-5-3-1;;;/h1-5,7-8H,9H2;9-11H,3-8H2,1H3;1-3H,4H2;2*1H;/q-1;;-1;;;+2/p-2. The summed E-state index contributed by atoms with van der Waals surface area (Å²) in [4.78, 5) is 0. The second-order valence-corrected chi connectivity index (χ2v) is 12.1. The molecule has 0 radical (unpaired) electrons. The number of allylic oxidation sites excluding steroid dienone is 4. The first-order chi connectivity index (χ1) is 15.1. The first-order valence-corrected chi connectivity index (χ1v) is 13.2. The maximum absolute atomic E-state index is 3.30. The molecule has 0 amide bonds. The summed E-state index contributed by atoms with van der Waals surface area (Å²) in [5, 5.41) is 0. The molecule has 0 aliphatic heterocycles. The Morgan fingerprint density at radius 1 is 0.909 bits per heavy atom. The fraction of sp³-hybridized carbons (Fsp3) is 0.433. The predicted molar refractivity (Wildman–Crippen MR) is 126 cm³/mol. The Morgan fingerprint density at radius 3 is 2.09 bits per heavy atom. The van der Waals surface area contributed by atoms with Crippen LogP contribution in [0.25, 0.3) is 11.1 Å². The number of fused-ring (bicyclic) bond motifs is 3. The van der Waals surface area contributed by atoms with E-state index in [1.807, 2.05) is 21.4 Å². The smallest absolute Gasteiger partial charge is 0.0253 e. The van der Waals surface area contributed by atoms with E-state index in [4.69, 9.17) is 0 Å². The SMILES string of the molecule is C[C](=[Zr+2])C12CC3CC(CC(C3)C1)C2.[C-]1=CC=CC1.[Cl-].[Cl-].[c-]1cccc2c1Cc1ccccc1-2. The predicted octanol–water partition coefficient (Wildman–Crippen LogP) is 1.31. The summed E-state index contributed by atoms with van der Waals surface area (Å²) >= 11 is 1.71. The van der Waals surface area contributed by atoms with Gasteiger partial charge in [0.2, 0.25) is 0 Å². The minimum absolute atomic E-state index is 0. The van der Waals surface area contributed by atoms with Crippen molar-refractivity contribution in [1.29, 1.82) is 0 Å². The van der Waals surface area contributed by atoms with Gasteiger partial charge >= 0.3 is 96.1 Å². The number of hydrogen-bond acceptors (Lipinski definition) is 0. The van der Waals surface area contributed by atoms with Crippen molar-refractivity contribution in [2.75, 3.05) is 0 Å². The van der Waals surface area contributed by atoms with Gasteiger partial charge in [0.25, 0.3) is 0 Å². The third-order valence-corrected chi connectivity index (χ3v) is 9.34. The molecule has 4 bridgehead atoms. The summed E-state index contributed by atoms with van der Waals surface area (Å²) in [5.41, 5.74) is 6.27. The number of benzene rings is 2. The average Bonchev–Trinajstić information content (AvgIpc) is 3.45. The quantitative estimate of drug-likeness (QED) is 0.398. The molecule has 33 heavy (non-hydrogen) atoms. The molecule has 8 rings (SSSR count). The molecule has 0 saturated heterocycles. The van der Waals surface area contributed by atoms with Crippen molar-refractivity contribution in [3.05, 3.63) is 84.0 Å². The van der Waals surface area contributed by atoms with Crippen LogP contribution in [0.1, 0.15) is 63.0 Å². The van der Waals surface area contributed by atoms with Gasteiger partial charge in [-0.15, -0.1) is 12.0 Å². The van der Waals surface area contributed by atoms with Gasteiger partial charge in [-0.05, 0) is 6.42 Å². The Balaban J connectivity index is 0.000000147. The summed E-state index contributed by atoms with van der Waals surface area (Å²) < 4.78 is 1.83. The van der Waals surface area contributed by atoms with Gasteiger partial charge in [-0.1, -0.05) is 35.4 Å². The van der Waals surface area contributed by atoms with Crippen LogP contribution in [0.5, 0.6) is 0 Å². The number of halogens is 2. The van der Waals surface area contributed by atoms with Gasteiger partial charge in [0.05, 0.1) is 0 Å². The second-order valence-electron chi connectivity index (χ2n) is 10.2. The van der Waals surface area contributed by atoms with Gasteiger partial charge in [-0.3, -0.25) is 6.08 Å². The summed E-state index contributed by atoms with van der Waals surface area (Å²) in [6, 6.07) is 18.1. The second kappa shape index (κ2) is 11.8. The molecule has 0 aromatic heterocycles. The van der Waals surface area contributed by atoms with E-state index in [0.29, 0.717) is 0 Å². The topological polar surface area (TPSA) is 0 Å². The molecule has 0 nitrogen and oxygen atoms in total. The van der Waals surface area contributed by atoms with Gasteiger partial charge < -0.3 is 24.8 Å². The third-order valence-electron chi connectivity index (χ3n) is 8.04. The van der Waals surface area contributed by atoms with Crippen LogP contribution in [0.4, 0.5) is 0 Å². The van der Waals surface area contributed by atoms with Crippen LogP contribution in [0.15, 0.2) is 60.7 Å². The molecule has 4 fully saturated rings. The van der Waals surface area contributed by atoms with Crippen molar-refractivity contribution in [3.63, 3.8) is 0 Å². The maximum Gasteiger partial charge on any atom is -0.0253 e. The van der Waals surface area contributed by atoms with Crippen molar-refractivity contribution in [3.8, 4) is 11.1 Å². The molecule has 2 aromatic carbocycles. The van der Waals surface area contributed by atoms with E-state index >= 15 is 0 Å². The molecule has 3 heteroatoms. The van der Waals surface area contributed by atoms with Gasteiger partial charge in [0, 0.05) is 0 Å². The fourth-order valence-corrected chi connectivity index (χ4v) is 7.66. The molecule has 0 heterocycles. The van der Waals surface area contributed by atoms with Crippen LogP contribution >= 0.6 is 0 Å². The number of hydrogen-bond donors (Lipinski definition) is 0. The number of rotatable bonds is 1. The zero-order valence-electron chi connectivity index (χ0n) is 19.4. The van der Waals surface area contributed by atoms with E-state index < -0.39 is 0 Å². The summed E-state index contributed by atoms with van der Waals surface area (Å²) in [7, 11) is 0. The summed E-state index contributed by atoms with van der Waals surface area (Å²) in [6.07, 6.45) is 20.5. The maximum atomic E-state index is 3.30. The van der Waals surface area contributed by atoms with E-state index in [1.165, 1.54) is 22.3 Å². The molecule has 0 atom stereocenters. The van der Waals surface area contributed by atoms with Crippen LogP contribution in [0.3, 0.4) is 0 Å². The molecule has 4 saturated carbocycles. The summed E-state index contributed by atoms with van der Waals surface area (Å²) in [5.74, 6) is 3.38. The van der Waals surface area contributed by atoms with Crippen molar-refractivity contribution in [2.45, 2.75) is 58.3 Å². The van der Waals surface area contributed by atoms with Crippen molar-refractivity contribution >= 4 is 3.21 Å². The van der Waals surface area contributed by atoms with Crippen LogP contribution in [0, 0.1) is 35.3 Å². The Bertz CT molecular complexity index is 931. The Labute approximate surface area is 227 Å². The van der Waals surface area contributed by atoms with E-state index in [2.05, 4.69) is 61.5 Å². The normalized spacial score (nSPS) is 28.3. The third kappa shape index (κ3) is 5.91. The van der Waals surface area contributed by atoms with Gasteiger partial charge in [-0.25, -0.2) is 12.2 Å². The van der Waals surface area contributed by atoms with Crippen LogP contribution in [-0.4, -0.2) is 3.21 Å². The largest absolute Gasteiger partial charge is 1.00 e. The van der Waals surface area contributed by atoms with E-state index in [9.17, 15) is 0 Å². The Kier molecular flexibility index (Phi) is 9.59. The first kappa shape index (κ1) is 26.9. The van der Waals surface area contributed by atoms with E-state index in [0.717, 1.165) is 36.0 Å². The Hall–Kier alpha value is -0.747. The van der Waals surface area contributed by atoms with Gasteiger partial charge in [0.15, 0.2) is 0 Å². The fourth-order valence-electron chi connectivity index (χ4n) is 6.91. The monoisotopic (exact) mass is 552 g/mol. The molecule has 6 aliphatic rings. The minimum Gasteiger partial charge on any atom is -1.00 e. The van der Waals surface area contributed by atoms with Crippen molar-refractivity contribution in [1.82, 2.24) is 0 Å². The molecule has 0 unspecified atom stereocenters.